The third-order valence-corrected chi connectivity index (χ3v) is 7.49. The van der Waals surface area contributed by atoms with Crippen LogP contribution in [0.15, 0.2) is 47.8 Å². The molecule has 1 amide bonds. The molecule has 1 fully saturated rings. The van der Waals surface area contributed by atoms with Crippen LogP contribution in [-0.2, 0) is 11.3 Å². The normalized spacial score (nSPS) is 21.4. The van der Waals surface area contributed by atoms with Gasteiger partial charge in [-0.15, -0.1) is 0 Å². The van der Waals surface area contributed by atoms with E-state index >= 15 is 4.39 Å². The van der Waals surface area contributed by atoms with Crippen LogP contribution in [0, 0.1) is 0 Å². The van der Waals surface area contributed by atoms with E-state index in [1.807, 2.05) is 29.2 Å². The molecule has 4 heterocycles. The number of aliphatic hydroxyl groups excluding tert-OH is 1. The molecule has 3 atom stereocenters. The number of carbonyl (C=O) groups is 1. The number of amides is 1. The van der Waals surface area contributed by atoms with Crippen molar-refractivity contribution in [3.63, 3.8) is 0 Å². The number of rotatable bonds is 7. The van der Waals surface area contributed by atoms with E-state index in [9.17, 15) is 9.90 Å². The molecule has 184 valence electrons. The Kier molecular flexibility index (Phi) is 7.14. The van der Waals surface area contributed by atoms with Crippen LogP contribution in [0.4, 0.5) is 10.1 Å². The van der Waals surface area contributed by atoms with E-state index in [0.717, 1.165) is 27.1 Å². The summed E-state index contributed by atoms with van der Waals surface area (Å²) in [6.45, 7) is 1.74. The number of carbonyl (C=O) groups excluding carboxylic acids is 1. The predicted octanol–water partition coefficient (Wildman–Crippen LogP) is 2.92. The number of aliphatic hydroxyl groups is 1. The highest BCUT2D eigenvalue weighted by molar-refractivity contribution is 8.00. The quantitative estimate of drug-likeness (QED) is 0.458. The van der Waals surface area contributed by atoms with Crippen molar-refractivity contribution >= 4 is 34.3 Å². The SMILES string of the molecule is COc1ccc2nccc([C@@H](O)CN3CC[C@@H](NCc4cnc5c(c4)NC(=O)CS5)[C@H](F)C3)c2c1. The van der Waals surface area contributed by atoms with Gasteiger partial charge >= 0.3 is 0 Å². The van der Waals surface area contributed by atoms with Crippen molar-refractivity contribution < 1.29 is 19.0 Å². The molecule has 2 aliphatic heterocycles. The fraction of sp³-hybridized carbons (Fsp3) is 0.400. The van der Waals surface area contributed by atoms with E-state index in [4.69, 9.17) is 4.74 Å². The maximum absolute atomic E-state index is 15.0. The second kappa shape index (κ2) is 10.4. The Balaban J connectivity index is 1.17. The molecule has 1 aromatic carbocycles. The zero-order chi connectivity index (χ0) is 24.4. The van der Waals surface area contributed by atoms with Crippen molar-refractivity contribution in [1.29, 1.82) is 0 Å². The van der Waals surface area contributed by atoms with Crippen molar-refractivity contribution in [2.75, 3.05) is 37.8 Å². The molecule has 2 aromatic heterocycles. The monoisotopic (exact) mass is 497 g/mol. The predicted molar refractivity (Wildman–Crippen MR) is 133 cm³/mol. The van der Waals surface area contributed by atoms with Crippen molar-refractivity contribution in [2.24, 2.45) is 0 Å². The number of β-amino-alcohol motifs (C(OH)–C–C–N with tert-alkyl or cyclic N) is 1. The van der Waals surface area contributed by atoms with Gasteiger partial charge in [0.25, 0.3) is 0 Å². The van der Waals surface area contributed by atoms with Crippen LogP contribution < -0.4 is 15.4 Å². The number of ether oxygens (including phenoxy) is 1. The molecule has 1 saturated heterocycles. The molecule has 2 aliphatic rings. The van der Waals surface area contributed by atoms with Crippen LogP contribution in [0.1, 0.15) is 23.7 Å². The van der Waals surface area contributed by atoms with E-state index < -0.39 is 12.3 Å². The van der Waals surface area contributed by atoms with Gasteiger partial charge in [-0.25, -0.2) is 9.37 Å². The largest absolute Gasteiger partial charge is 0.497 e. The minimum Gasteiger partial charge on any atom is -0.497 e. The highest BCUT2D eigenvalue weighted by atomic mass is 32.2. The Labute approximate surface area is 207 Å². The molecule has 0 saturated carbocycles. The molecule has 0 unspecified atom stereocenters. The second-order valence-corrected chi connectivity index (χ2v) is 9.85. The van der Waals surface area contributed by atoms with E-state index in [1.54, 1.807) is 25.6 Å². The van der Waals surface area contributed by atoms with E-state index in [-0.39, 0.29) is 18.5 Å². The second-order valence-electron chi connectivity index (χ2n) is 8.88. The number of methoxy groups -OCH3 is 1. The van der Waals surface area contributed by atoms with Crippen LogP contribution in [0.2, 0.25) is 0 Å². The molecule has 35 heavy (non-hydrogen) atoms. The van der Waals surface area contributed by atoms with Gasteiger partial charge < -0.3 is 20.5 Å². The van der Waals surface area contributed by atoms with Gasteiger partial charge in [-0.2, -0.15) is 0 Å². The molecule has 5 rings (SSSR count). The number of nitrogens with one attached hydrogen (secondary N) is 2. The Morgan fingerprint density at radius 2 is 2.23 bits per heavy atom. The molecule has 0 aliphatic carbocycles. The first kappa shape index (κ1) is 23.9. The molecule has 8 nitrogen and oxygen atoms in total. The lowest BCUT2D eigenvalue weighted by Gasteiger charge is -2.36. The Bertz CT molecular complexity index is 1230. The summed E-state index contributed by atoms with van der Waals surface area (Å²) in [5, 5.41) is 18.7. The van der Waals surface area contributed by atoms with Crippen LogP contribution in [-0.4, -0.2) is 70.6 Å². The lowest BCUT2D eigenvalue weighted by atomic mass is 10.00. The summed E-state index contributed by atoms with van der Waals surface area (Å²) in [7, 11) is 1.60. The number of nitrogens with zero attached hydrogens (tertiary/aromatic N) is 3. The summed E-state index contributed by atoms with van der Waals surface area (Å²) < 4.78 is 20.4. The van der Waals surface area contributed by atoms with Crippen molar-refractivity contribution in [3.05, 3.63) is 53.9 Å². The molecule has 3 aromatic rings. The highest BCUT2D eigenvalue weighted by Gasteiger charge is 2.30. The summed E-state index contributed by atoms with van der Waals surface area (Å²) in [4.78, 5) is 22.4. The molecule has 0 bridgehead atoms. The molecular formula is C25H28FN5O3S. The average Bonchev–Trinajstić information content (AvgIpc) is 2.87. The number of hydrogen-bond donors (Lipinski definition) is 3. The number of piperidine rings is 1. The summed E-state index contributed by atoms with van der Waals surface area (Å²) >= 11 is 1.42. The number of halogens is 1. The van der Waals surface area contributed by atoms with Gasteiger partial charge in [0.15, 0.2) is 0 Å². The zero-order valence-corrected chi connectivity index (χ0v) is 20.2. The highest BCUT2D eigenvalue weighted by Crippen LogP contribution is 2.30. The third kappa shape index (κ3) is 5.40. The van der Waals surface area contributed by atoms with E-state index in [1.165, 1.54) is 11.8 Å². The van der Waals surface area contributed by atoms with E-state index in [2.05, 4.69) is 20.6 Å². The maximum atomic E-state index is 15.0. The number of hydrogen-bond acceptors (Lipinski definition) is 8. The molecule has 0 radical (unpaired) electrons. The van der Waals surface area contributed by atoms with Gasteiger partial charge in [0.1, 0.15) is 16.9 Å². The first-order chi connectivity index (χ1) is 17.0. The Hall–Kier alpha value is -2.79. The topological polar surface area (TPSA) is 99.6 Å². The van der Waals surface area contributed by atoms with Crippen LogP contribution >= 0.6 is 11.8 Å². The number of aromatic nitrogens is 2. The van der Waals surface area contributed by atoms with Crippen LogP contribution in [0.3, 0.4) is 0 Å². The summed E-state index contributed by atoms with van der Waals surface area (Å²) in [6.07, 6.45) is 2.25. The fourth-order valence-electron chi connectivity index (χ4n) is 4.64. The fourth-order valence-corrected chi connectivity index (χ4v) is 5.37. The number of alkyl halides is 1. The van der Waals surface area contributed by atoms with Gasteiger partial charge in [0, 0.05) is 43.5 Å². The maximum Gasteiger partial charge on any atom is 0.234 e. The van der Waals surface area contributed by atoms with Gasteiger partial charge in [-0.1, -0.05) is 11.8 Å². The zero-order valence-electron chi connectivity index (χ0n) is 19.4. The molecule has 3 N–H and O–H groups in total. The van der Waals surface area contributed by atoms with Crippen molar-refractivity contribution in [2.45, 2.75) is 36.3 Å². The minimum absolute atomic E-state index is 0.0355. The Morgan fingerprint density at radius 3 is 3.06 bits per heavy atom. The molecular weight excluding hydrogens is 469 g/mol. The van der Waals surface area contributed by atoms with Crippen LogP contribution in [0.25, 0.3) is 10.9 Å². The lowest BCUT2D eigenvalue weighted by molar-refractivity contribution is -0.113. The summed E-state index contributed by atoms with van der Waals surface area (Å²) in [5.74, 6) is 1.04. The molecule has 10 heteroatoms. The average molecular weight is 498 g/mol. The number of thioether (sulfide) groups is 1. The first-order valence-corrected chi connectivity index (χ1v) is 12.6. The summed E-state index contributed by atoms with van der Waals surface area (Å²) in [5.41, 5.74) is 3.15. The minimum atomic E-state index is -1.06. The Morgan fingerprint density at radius 1 is 1.34 bits per heavy atom. The number of fused-ring (bicyclic) bond motifs is 2. The van der Waals surface area contributed by atoms with Gasteiger partial charge in [-0.3, -0.25) is 14.7 Å². The van der Waals surface area contributed by atoms with Gasteiger partial charge in [-0.05, 0) is 54.4 Å². The molecule has 0 spiro atoms. The van der Waals surface area contributed by atoms with Gasteiger partial charge in [0.05, 0.1) is 30.2 Å². The lowest BCUT2D eigenvalue weighted by Crippen LogP contribution is -2.51. The summed E-state index contributed by atoms with van der Waals surface area (Å²) in [6, 6.07) is 8.99. The standard InChI is InChI=1S/C25H28FN5O3S/c1-34-16-2-3-20-18(9-16)17(4-6-27-20)23(32)13-31-7-5-21(19(26)12-31)28-10-15-8-22-25(29-11-15)35-14-24(33)30-22/h2-4,6,8-9,11,19,21,23,28,32H,5,7,10,12-14H2,1H3,(H,30,33)/t19-,21-,23+/m1/s1. The van der Waals surface area contributed by atoms with Crippen molar-refractivity contribution in [1.82, 2.24) is 20.2 Å². The number of benzene rings is 1. The smallest absolute Gasteiger partial charge is 0.234 e. The van der Waals surface area contributed by atoms with Gasteiger partial charge in [0.2, 0.25) is 5.91 Å². The number of anilines is 1. The number of pyridine rings is 2. The number of likely N-dealkylation sites (tertiary alicyclic amines) is 1. The third-order valence-electron chi connectivity index (χ3n) is 6.49. The van der Waals surface area contributed by atoms with Crippen LogP contribution in [0.5, 0.6) is 5.75 Å². The van der Waals surface area contributed by atoms with Crippen molar-refractivity contribution in [3.8, 4) is 5.75 Å². The first-order valence-electron chi connectivity index (χ1n) is 11.6. The van der Waals surface area contributed by atoms with E-state index in [0.29, 0.717) is 43.2 Å².